The molecule has 1 N–H and O–H groups in total. The summed E-state index contributed by atoms with van der Waals surface area (Å²) in [7, 11) is 3.24. The first-order chi connectivity index (χ1) is 18.5. The van der Waals surface area contributed by atoms with Crippen LogP contribution in [0.25, 0.3) is 0 Å². The van der Waals surface area contributed by atoms with Crippen molar-refractivity contribution in [3.8, 4) is 11.5 Å². The molecule has 0 bridgehead atoms. The number of nitrogens with zero attached hydrogens (tertiary/aromatic N) is 4. The van der Waals surface area contributed by atoms with Crippen LogP contribution in [0.1, 0.15) is 30.5 Å². The second kappa shape index (κ2) is 13.3. The quantitative estimate of drug-likeness (QED) is 0.515. The molecule has 1 saturated heterocycles. The van der Waals surface area contributed by atoms with Gasteiger partial charge in [0.1, 0.15) is 18.0 Å². The van der Waals surface area contributed by atoms with Crippen LogP contribution in [0.3, 0.4) is 0 Å². The van der Waals surface area contributed by atoms with Crippen molar-refractivity contribution in [2.45, 2.75) is 19.4 Å². The average molecular weight is 524 g/mol. The number of amides is 3. The second-order valence-electron chi connectivity index (χ2n) is 9.19. The first kappa shape index (κ1) is 27.4. The zero-order valence-electron chi connectivity index (χ0n) is 22.4. The monoisotopic (exact) mass is 523 g/mol. The minimum absolute atomic E-state index is 0.0866. The molecule has 10 nitrogen and oxygen atoms in total. The number of carbonyl (C=O) groups excluding carboxylic acids is 2. The van der Waals surface area contributed by atoms with E-state index in [1.54, 1.807) is 19.1 Å². The molecule has 38 heavy (non-hydrogen) atoms. The fourth-order valence-corrected chi connectivity index (χ4v) is 4.74. The van der Waals surface area contributed by atoms with E-state index >= 15 is 0 Å². The molecule has 3 amide bonds. The lowest BCUT2D eigenvalue weighted by atomic mass is 9.97. The maximum atomic E-state index is 13.8. The van der Waals surface area contributed by atoms with Crippen LogP contribution in [0.15, 0.2) is 53.6 Å². The number of hydrogen-bond acceptors (Lipinski definition) is 7. The molecule has 4 rings (SSSR count). The number of hydrogen-bond donors (Lipinski definition) is 1. The molecule has 0 radical (unpaired) electrons. The summed E-state index contributed by atoms with van der Waals surface area (Å²) in [6, 6.07) is 14.7. The third-order valence-electron chi connectivity index (χ3n) is 6.80. The van der Waals surface area contributed by atoms with E-state index in [0.717, 1.165) is 29.9 Å². The number of methoxy groups -OCH3 is 2. The molecule has 204 valence electrons. The zero-order chi connectivity index (χ0) is 26.9. The van der Waals surface area contributed by atoms with Crippen molar-refractivity contribution in [2.24, 2.45) is 5.10 Å². The number of para-hydroxylation sites is 1. The van der Waals surface area contributed by atoms with Gasteiger partial charge in [0.25, 0.3) is 5.91 Å². The maximum absolute atomic E-state index is 13.8. The Balaban J connectivity index is 1.59. The predicted molar refractivity (Wildman–Crippen MR) is 145 cm³/mol. The summed E-state index contributed by atoms with van der Waals surface area (Å²) >= 11 is 0. The minimum atomic E-state index is -0.366. The lowest BCUT2D eigenvalue weighted by Gasteiger charge is -2.31. The van der Waals surface area contributed by atoms with Gasteiger partial charge >= 0.3 is 6.03 Å². The standard InChI is InChI=1S/C28H37N5O5/c1-4-29-28(35)32(13-12-31-14-16-38-17-15-31)20-27(34)33-25(23-10-5-6-11-26(23)37-3)19-24(30-33)21-8-7-9-22(18-21)36-2/h5-11,18,25H,4,12-17,19-20H2,1-3H3,(H,29,35)/t25-/m1/s1. The SMILES string of the molecule is CCNC(=O)N(CCN1CCOCC1)CC(=O)N1N=C(c2cccc(OC)c2)C[C@@H]1c1ccccc1OC. The molecule has 0 unspecified atom stereocenters. The van der Waals surface area contributed by atoms with Crippen LogP contribution >= 0.6 is 0 Å². The van der Waals surface area contributed by atoms with Gasteiger partial charge in [0.2, 0.25) is 0 Å². The number of carbonyl (C=O) groups is 2. The number of nitrogens with one attached hydrogen (secondary N) is 1. The lowest BCUT2D eigenvalue weighted by Crippen LogP contribution is -2.49. The summed E-state index contributed by atoms with van der Waals surface area (Å²) in [5.74, 6) is 1.15. The molecule has 2 aliphatic rings. The normalized spacial score (nSPS) is 17.6. The fourth-order valence-electron chi connectivity index (χ4n) is 4.74. The molecular formula is C28H37N5O5. The van der Waals surface area contributed by atoms with Crippen LogP contribution in [-0.2, 0) is 9.53 Å². The zero-order valence-corrected chi connectivity index (χ0v) is 22.4. The van der Waals surface area contributed by atoms with Gasteiger partial charge in [0.15, 0.2) is 0 Å². The van der Waals surface area contributed by atoms with E-state index in [9.17, 15) is 9.59 Å². The van der Waals surface area contributed by atoms with Crippen molar-refractivity contribution in [3.05, 3.63) is 59.7 Å². The Morgan fingerprint density at radius 2 is 1.89 bits per heavy atom. The second-order valence-corrected chi connectivity index (χ2v) is 9.19. The lowest BCUT2D eigenvalue weighted by molar-refractivity contribution is -0.133. The van der Waals surface area contributed by atoms with Gasteiger partial charge in [-0.3, -0.25) is 9.69 Å². The largest absolute Gasteiger partial charge is 0.497 e. The highest BCUT2D eigenvalue weighted by molar-refractivity contribution is 6.03. The highest BCUT2D eigenvalue weighted by Crippen LogP contribution is 2.37. The summed E-state index contributed by atoms with van der Waals surface area (Å²) in [6.45, 7) is 6.33. The highest BCUT2D eigenvalue weighted by atomic mass is 16.5. The van der Waals surface area contributed by atoms with Gasteiger partial charge in [-0.15, -0.1) is 0 Å². The Hall–Kier alpha value is -3.63. The molecule has 2 heterocycles. The van der Waals surface area contributed by atoms with Gasteiger partial charge in [-0.05, 0) is 25.1 Å². The van der Waals surface area contributed by atoms with Crippen molar-refractivity contribution in [2.75, 3.05) is 66.7 Å². The Morgan fingerprint density at radius 1 is 1.11 bits per heavy atom. The molecule has 0 aromatic heterocycles. The molecule has 2 aromatic rings. The van der Waals surface area contributed by atoms with Gasteiger partial charge in [-0.25, -0.2) is 9.80 Å². The van der Waals surface area contributed by atoms with E-state index in [0.29, 0.717) is 50.8 Å². The summed E-state index contributed by atoms with van der Waals surface area (Å²) in [5, 5.41) is 9.13. The van der Waals surface area contributed by atoms with Crippen molar-refractivity contribution < 1.29 is 23.8 Å². The van der Waals surface area contributed by atoms with Crippen molar-refractivity contribution >= 4 is 17.6 Å². The molecule has 2 aromatic carbocycles. The number of morpholine rings is 1. The van der Waals surface area contributed by atoms with Crippen LogP contribution < -0.4 is 14.8 Å². The molecule has 1 atom stereocenters. The minimum Gasteiger partial charge on any atom is -0.497 e. The summed E-state index contributed by atoms with van der Waals surface area (Å²) in [4.78, 5) is 30.5. The van der Waals surface area contributed by atoms with E-state index in [-0.39, 0.29) is 24.5 Å². The number of benzene rings is 2. The van der Waals surface area contributed by atoms with Gasteiger partial charge in [0.05, 0.1) is 39.2 Å². The van der Waals surface area contributed by atoms with Gasteiger partial charge < -0.3 is 24.4 Å². The van der Waals surface area contributed by atoms with Crippen LogP contribution in [-0.4, -0.2) is 99.2 Å². The number of urea groups is 1. The Morgan fingerprint density at radius 3 is 2.63 bits per heavy atom. The molecular weight excluding hydrogens is 486 g/mol. The van der Waals surface area contributed by atoms with Gasteiger partial charge in [-0.2, -0.15) is 5.10 Å². The molecule has 0 spiro atoms. The molecule has 1 fully saturated rings. The Labute approximate surface area is 224 Å². The van der Waals surface area contributed by atoms with Gasteiger partial charge in [0, 0.05) is 50.3 Å². The first-order valence-electron chi connectivity index (χ1n) is 13.0. The number of rotatable bonds is 10. The van der Waals surface area contributed by atoms with E-state index < -0.39 is 0 Å². The third-order valence-corrected chi connectivity index (χ3v) is 6.80. The highest BCUT2D eigenvalue weighted by Gasteiger charge is 2.36. The summed E-state index contributed by atoms with van der Waals surface area (Å²) in [6.07, 6.45) is 0.508. The van der Waals surface area contributed by atoms with Crippen LogP contribution in [0.5, 0.6) is 11.5 Å². The first-order valence-corrected chi connectivity index (χ1v) is 13.0. The smallest absolute Gasteiger partial charge is 0.317 e. The predicted octanol–water partition coefficient (Wildman–Crippen LogP) is 2.75. The van der Waals surface area contributed by atoms with Crippen LogP contribution in [0.4, 0.5) is 4.79 Å². The average Bonchev–Trinajstić information content (AvgIpc) is 3.41. The fraction of sp³-hybridized carbons (Fsp3) is 0.464. The maximum Gasteiger partial charge on any atom is 0.317 e. The third kappa shape index (κ3) is 6.62. The summed E-state index contributed by atoms with van der Waals surface area (Å²) < 4.78 is 16.4. The summed E-state index contributed by atoms with van der Waals surface area (Å²) in [5.41, 5.74) is 2.52. The van der Waals surface area contributed by atoms with E-state index in [1.807, 2.05) is 55.5 Å². The Bertz CT molecular complexity index is 1130. The van der Waals surface area contributed by atoms with Gasteiger partial charge in [-0.1, -0.05) is 30.3 Å². The number of ether oxygens (including phenoxy) is 3. The van der Waals surface area contributed by atoms with Crippen molar-refractivity contribution in [3.63, 3.8) is 0 Å². The molecule has 10 heteroatoms. The van der Waals surface area contributed by atoms with Crippen molar-refractivity contribution in [1.82, 2.24) is 20.1 Å². The topological polar surface area (TPSA) is 95.9 Å². The van der Waals surface area contributed by atoms with E-state index in [4.69, 9.17) is 19.3 Å². The van der Waals surface area contributed by atoms with Crippen LogP contribution in [0.2, 0.25) is 0 Å². The van der Waals surface area contributed by atoms with E-state index in [2.05, 4.69) is 10.2 Å². The van der Waals surface area contributed by atoms with E-state index in [1.165, 1.54) is 5.01 Å². The number of hydrazone groups is 1. The molecule has 0 saturated carbocycles. The van der Waals surface area contributed by atoms with Crippen LogP contribution in [0, 0.1) is 0 Å². The van der Waals surface area contributed by atoms with Crippen molar-refractivity contribution in [1.29, 1.82) is 0 Å². The molecule has 0 aliphatic carbocycles. The molecule has 2 aliphatic heterocycles. The Kier molecular flexibility index (Phi) is 9.56.